The molecule has 0 atom stereocenters. The summed E-state index contributed by atoms with van der Waals surface area (Å²) in [6.45, 7) is 0.0934. The molecule has 1 aromatic heterocycles. The van der Waals surface area contributed by atoms with Crippen molar-refractivity contribution in [3.63, 3.8) is 0 Å². The van der Waals surface area contributed by atoms with Gasteiger partial charge in [0.15, 0.2) is 0 Å². The average Bonchev–Trinajstić information content (AvgIpc) is 2.62. The normalized spacial score (nSPS) is 10.0. The summed E-state index contributed by atoms with van der Waals surface area (Å²) < 4.78 is 0.770. The molecule has 0 spiro atoms. The van der Waals surface area contributed by atoms with Crippen molar-refractivity contribution >= 4 is 39.1 Å². The van der Waals surface area contributed by atoms with Crippen LogP contribution < -0.4 is 0 Å². The van der Waals surface area contributed by atoms with Gasteiger partial charge in [0.1, 0.15) is 4.88 Å². The monoisotopic (exact) mass is 304 g/mol. The number of rotatable bonds is 3. The molecule has 0 aliphatic rings. The Morgan fingerprint density at radius 3 is 2.44 bits per heavy atom. The maximum atomic E-state index is 11.9. The first-order chi connectivity index (χ1) is 7.43. The van der Waals surface area contributed by atoms with Crippen molar-refractivity contribution in [3.8, 4) is 0 Å². The zero-order valence-corrected chi connectivity index (χ0v) is 11.8. The van der Waals surface area contributed by atoms with Gasteiger partial charge in [-0.15, -0.1) is 11.3 Å². The molecule has 4 nitrogen and oxygen atoms in total. The van der Waals surface area contributed by atoms with Crippen molar-refractivity contribution in [2.75, 3.05) is 27.7 Å². The Hall–Kier alpha value is -0.880. The van der Waals surface area contributed by atoms with E-state index >= 15 is 0 Å². The van der Waals surface area contributed by atoms with Crippen molar-refractivity contribution in [1.29, 1.82) is 0 Å². The molecule has 0 bridgehead atoms. The molecule has 0 aromatic carbocycles. The minimum absolute atomic E-state index is 0.0934. The van der Waals surface area contributed by atoms with E-state index in [1.807, 2.05) is 11.4 Å². The van der Waals surface area contributed by atoms with Gasteiger partial charge in [-0.2, -0.15) is 0 Å². The highest BCUT2D eigenvalue weighted by molar-refractivity contribution is 9.10. The van der Waals surface area contributed by atoms with E-state index in [0.29, 0.717) is 4.88 Å². The number of nitrogens with zero attached hydrogens (tertiary/aromatic N) is 2. The molecule has 0 aliphatic heterocycles. The molecule has 2 amide bonds. The predicted molar refractivity (Wildman–Crippen MR) is 67.7 cm³/mol. The van der Waals surface area contributed by atoms with Gasteiger partial charge >= 0.3 is 0 Å². The minimum Gasteiger partial charge on any atom is -0.347 e. The Morgan fingerprint density at radius 2 is 2.00 bits per heavy atom. The Bertz CT molecular complexity index is 403. The van der Waals surface area contributed by atoms with Gasteiger partial charge in [0, 0.05) is 25.6 Å². The van der Waals surface area contributed by atoms with Gasteiger partial charge in [-0.05, 0) is 27.4 Å². The summed E-state index contributed by atoms with van der Waals surface area (Å²) in [5.41, 5.74) is 0. The zero-order valence-electron chi connectivity index (χ0n) is 9.36. The molecule has 0 aliphatic carbocycles. The first-order valence-electron chi connectivity index (χ1n) is 4.62. The number of halogens is 1. The molecule has 88 valence electrons. The molecule has 1 aromatic rings. The summed E-state index contributed by atoms with van der Waals surface area (Å²) >= 11 is 4.66. The van der Waals surface area contributed by atoms with Gasteiger partial charge in [-0.25, -0.2) is 0 Å². The van der Waals surface area contributed by atoms with Gasteiger partial charge < -0.3 is 9.80 Å². The van der Waals surface area contributed by atoms with Gasteiger partial charge in [-0.1, -0.05) is 0 Å². The van der Waals surface area contributed by atoms with Crippen LogP contribution in [0.2, 0.25) is 0 Å². The van der Waals surface area contributed by atoms with Crippen molar-refractivity contribution in [2.45, 2.75) is 0 Å². The lowest BCUT2D eigenvalue weighted by atomic mass is 10.4. The Balaban J connectivity index is 2.69. The van der Waals surface area contributed by atoms with E-state index in [1.165, 1.54) is 21.1 Å². The third-order valence-electron chi connectivity index (χ3n) is 2.03. The summed E-state index contributed by atoms with van der Waals surface area (Å²) in [5, 5.41) is 1.83. The highest BCUT2D eigenvalue weighted by Gasteiger charge is 2.18. The van der Waals surface area contributed by atoms with Crippen molar-refractivity contribution in [1.82, 2.24) is 9.80 Å². The zero-order chi connectivity index (χ0) is 12.3. The SMILES string of the molecule is CN(C)C(=O)CN(C)C(=O)c1sccc1Br. The molecule has 1 rings (SSSR count). The number of hydrogen-bond donors (Lipinski definition) is 0. The maximum Gasteiger partial charge on any atom is 0.265 e. The van der Waals surface area contributed by atoms with Crippen LogP contribution in [-0.2, 0) is 4.79 Å². The molecule has 16 heavy (non-hydrogen) atoms. The Kier molecular flexibility index (Phi) is 4.49. The molecule has 1 heterocycles. The number of hydrogen-bond acceptors (Lipinski definition) is 3. The molecule has 0 saturated heterocycles. The average molecular weight is 305 g/mol. The first-order valence-corrected chi connectivity index (χ1v) is 6.29. The van der Waals surface area contributed by atoms with Crippen LogP contribution in [0.15, 0.2) is 15.9 Å². The Labute approximate surface area is 107 Å². The van der Waals surface area contributed by atoms with E-state index in [0.717, 1.165) is 4.47 Å². The van der Waals surface area contributed by atoms with E-state index in [4.69, 9.17) is 0 Å². The number of thiophene rings is 1. The van der Waals surface area contributed by atoms with Gasteiger partial charge in [0.05, 0.1) is 6.54 Å². The fourth-order valence-electron chi connectivity index (χ4n) is 1.04. The molecule has 0 radical (unpaired) electrons. The van der Waals surface area contributed by atoms with Crippen molar-refractivity contribution in [2.24, 2.45) is 0 Å². The third kappa shape index (κ3) is 3.05. The van der Waals surface area contributed by atoms with Crippen molar-refractivity contribution in [3.05, 3.63) is 20.8 Å². The molecule has 0 fully saturated rings. The molecule has 0 saturated carbocycles. The largest absolute Gasteiger partial charge is 0.347 e. The van der Waals surface area contributed by atoms with Crippen LogP contribution in [0.1, 0.15) is 9.67 Å². The van der Waals surface area contributed by atoms with Crippen LogP contribution in [0.25, 0.3) is 0 Å². The second kappa shape index (κ2) is 5.45. The highest BCUT2D eigenvalue weighted by atomic mass is 79.9. The van der Waals surface area contributed by atoms with E-state index in [2.05, 4.69) is 15.9 Å². The maximum absolute atomic E-state index is 11.9. The lowest BCUT2D eigenvalue weighted by molar-refractivity contribution is -0.129. The summed E-state index contributed by atoms with van der Waals surface area (Å²) in [6.07, 6.45) is 0. The molecular formula is C10H13BrN2O2S. The summed E-state index contributed by atoms with van der Waals surface area (Å²) in [5.74, 6) is -0.236. The van der Waals surface area contributed by atoms with E-state index in [1.54, 1.807) is 21.1 Å². The molecule has 0 unspecified atom stereocenters. The molecule has 0 N–H and O–H groups in total. The second-order valence-corrected chi connectivity index (χ2v) is 5.32. The lowest BCUT2D eigenvalue weighted by Crippen LogP contribution is -2.37. The fourth-order valence-corrected chi connectivity index (χ4v) is 2.57. The number of carbonyl (C=O) groups is 2. The van der Waals surface area contributed by atoms with Crippen LogP contribution >= 0.6 is 27.3 Å². The van der Waals surface area contributed by atoms with E-state index in [-0.39, 0.29) is 18.4 Å². The van der Waals surface area contributed by atoms with Gasteiger partial charge in [0.25, 0.3) is 5.91 Å². The number of likely N-dealkylation sites (N-methyl/N-ethyl adjacent to an activating group) is 2. The number of amides is 2. The van der Waals surface area contributed by atoms with Crippen LogP contribution in [0.5, 0.6) is 0 Å². The van der Waals surface area contributed by atoms with Gasteiger partial charge in [-0.3, -0.25) is 9.59 Å². The number of carbonyl (C=O) groups excluding carboxylic acids is 2. The molecule has 6 heteroatoms. The van der Waals surface area contributed by atoms with Crippen LogP contribution in [0.3, 0.4) is 0 Å². The summed E-state index contributed by atoms with van der Waals surface area (Å²) in [7, 11) is 4.96. The highest BCUT2D eigenvalue weighted by Crippen LogP contribution is 2.23. The fraction of sp³-hybridized carbons (Fsp3) is 0.400. The van der Waals surface area contributed by atoms with Crippen LogP contribution in [0.4, 0.5) is 0 Å². The van der Waals surface area contributed by atoms with Crippen LogP contribution in [-0.4, -0.2) is 49.3 Å². The third-order valence-corrected chi connectivity index (χ3v) is 3.86. The second-order valence-electron chi connectivity index (χ2n) is 3.55. The smallest absolute Gasteiger partial charge is 0.265 e. The quantitative estimate of drug-likeness (QED) is 0.852. The Morgan fingerprint density at radius 1 is 1.38 bits per heavy atom. The standard InChI is InChI=1S/C10H13BrN2O2S/c1-12(2)8(14)6-13(3)10(15)9-7(11)4-5-16-9/h4-5H,6H2,1-3H3. The van der Waals surface area contributed by atoms with E-state index in [9.17, 15) is 9.59 Å². The van der Waals surface area contributed by atoms with Crippen molar-refractivity contribution < 1.29 is 9.59 Å². The van der Waals surface area contributed by atoms with Gasteiger partial charge in [0.2, 0.25) is 5.91 Å². The summed E-state index contributed by atoms with van der Waals surface area (Å²) in [4.78, 5) is 26.9. The summed E-state index contributed by atoms with van der Waals surface area (Å²) in [6, 6.07) is 1.82. The first kappa shape index (κ1) is 13.2. The predicted octanol–water partition coefficient (Wildman–Crippen LogP) is 1.67. The lowest BCUT2D eigenvalue weighted by Gasteiger charge is -2.18. The minimum atomic E-state index is -0.142. The molecular weight excluding hydrogens is 292 g/mol. The van der Waals surface area contributed by atoms with E-state index < -0.39 is 0 Å². The van der Waals surface area contributed by atoms with Crippen LogP contribution in [0, 0.1) is 0 Å². The topological polar surface area (TPSA) is 40.6 Å².